The first kappa shape index (κ1) is 12.9. The second-order valence-corrected chi connectivity index (χ2v) is 3.40. The highest BCUT2D eigenvalue weighted by Gasteiger charge is 2.10. The second kappa shape index (κ2) is 8.54. The van der Waals surface area contributed by atoms with E-state index in [-0.39, 0.29) is 0 Å². The zero-order valence-electron chi connectivity index (χ0n) is 8.70. The topological polar surface area (TPSA) is 49.7 Å². The largest absolute Gasteiger partial charge is 0.633 e. The molecule has 0 rings (SSSR count). The minimum atomic E-state index is -1.61. The lowest BCUT2D eigenvalue weighted by molar-refractivity contribution is 0.169. The highest BCUT2D eigenvalue weighted by Crippen LogP contribution is 2.16. The first-order chi connectivity index (χ1) is 6.20. The zero-order valence-corrected chi connectivity index (χ0v) is 8.70. The summed E-state index contributed by atoms with van der Waals surface area (Å²) in [5.74, 6) is 0.665. The van der Waals surface area contributed by atoms with Crippen molar-refractivity contribution in [3.8, 4) is 0 Å². The standard InChI is InChI=1S/C9H21BO3/c1-3-5-6-9(4-2)7-8-13-10(11)12/h9,11-12H,3-8H2,1-2H3. The van der Waals surface area contributed by atoms with Crippen LogP contribution in [0, 0.1) is 5.92 Å². The molecular weight excluding hydrogens is 167 g/mol. The van der Waals surface area contributed by atoms with E-state index in [4.69, 9.17) is 10.0 Å². The van der Waals surface area contributed by atoms with Gasteiger partial charge in [0.25, 0.3) is 0 Å². The second-order valence-electron chi connectivity index (χ2n) is 3.40. The van der Waals surface area contributed by atoms with Crippen LogP contribution in [0.2, 0.25) is 0 Å². The zero-order chi connectivity index (χ0) is 10.1. The van der Waals surface area contributed by atoms with Gasteiger partial charge in [0.2, 0.25) is 0 Å². The third-order valence-electron chi connectivity index (χ3n) is 2.34. The number of hydrogen-bond acceptors (Lipinski definition) is 3. The molecule has 1 atom stereocenters. The molecule has 0 fully saturated rings. The van der Waals surface area contributed by atoms with E-state index in [9.17, 15) is 0 Å². The highest BCUT2D eigenvalue weighted by atomic mass is 16.6. The first-order valence-corrected chi connectivity index (χ1v) is 5.18. The molecule has 0 aromatic rings. The summed E-state index contributed by atoms with van der Waals surface area (Å²) in [6.07, 6.45) is 5.76. The molecule has 0 aliphatic carbocycles. The molecule has 0 aromatic heterocycles. The maximum absolute atomic E-state index is 8.45. The molecular formula is C9H21BO3. The van der Waals surface area contributed by atoms with Gasteiger partial charge in [-0.1, -0.05) is 39.5 Å². The van der Waals surface area contributed by atoms with E-state index in [1.807, 2.05) is 0 Å². The highest BCUT2D eigenvalue weighted by molar-refractivity contribution is 6.32. The Morgan fingerprint density at radius 1 is 1.23 bits per heavy atom. The summed E-state index contributed by atoms with van der Waals surface area (Å²) in [5, 5.41) is 16.9. The van der Waals surface area contributed by atoms with Crippen LogP contribution in [0.5, 0.6) is 0 Å². The van der Waals surface area contributed by atoms with Crippen molar-refractivity contribution in [1.82, 2.24) is 0 Å². The SMILES string of the molecule is CCCCC(CC)CCOB(O)O. The van der Waals surface area contributed by atoms with Crippen molar-refractivity contribution in [2.45, 2.75) is 46.0 Å². The predicted octanol–water partition coefficient (Wildman–Crippen LogP) is 1.58. The smallest absolute Gasteiger partial charge is 0.402 e. The molecule has 0 bridgehead atoms. The van der Waals surface area contributed by atoms with Gasteiger partial charge in [0, 0.05) is 6.61 Å². The van der Waals surface area contributed by atoms with Gasteiger partial charge in [0.05, 0.1) is 0 Å². The Kier molecular flexibility index (Phi) is 8.50. The summed E-state index contributed by atoms with van der Waals surface area (Å²) in [7, 11) is -1.61. The van der Waals surface area contributed by atoms with Crippen LogP contribution >= 0.6 is 0 Å². The molecule has 2 N–H and O–H groups in total. The van der Waals surface area contributed by atoms with Crippen LogP contribution in [-0.4, -0.2) is 24.0 Å². The molecule has 0 aliphatic rings. The maximum atomic E-state index is 8.45. The lowest BCUT2D eigenvalue weighted by Gasteiger charge is -2.13. The molecule has 78 valence electrons. The number of unbranched alkanes of at least 4 members (excludes halogenated alkanes) is 1. The lowest BCUT2D eigenvalue weighted by Crippen LogP contribution is -2.18. The molecule has 0 aliphatic heterocycles. The van der Waals surface area contributed by atoms with Crippen LogP contribution in [-0.2, 0) is 4.65 Å². The Hall–Kier alpha value is -0.0551. The van der Waals surface area contributed by atoms with Gasteiger partial charge in [-0.15, -0.1) is 0 Å². The monoisotopic (exact) mass is 188 g/mol. The quantitative estimate of drug-likeness (QED) is 0.568. The lowest BCUT2D eigenvalue weighted by atomic mass is 9.96. The van der Waals surface area contributed by atoms with Crippen molar-refractivity contribution >= 4 is 7.32 Å². The molecule has 0 heterocycles. The van der Waals surface area contributed by atoms with Crippen LogP contribution in [0.1, 0.15) is 46.0 Å². The summed E-state index contributed by atoms with van der Waals surface area (Å²) in [5.41, 5.74) is 0. The Labute approximate surface area is 81.3 Å². The van der Waals surface area contributed by atoms with Gasteiger partial charge < -0.3 is 14.7 Å². The van der Waals surface area contributed by atoms with E-state index in [2.05, 4.69) is 18.5 Å². The fraction of sp³-hybridized carbons (Fsp3) is 1.00. The molecule has 3 nitrogen and oxygen atoms in total. The molecule has 0 aromatic carbocycles. The van der Waals surface area contributed by atoms with Gasteiger partial charge in [-0.25, -0.2) is 0 Å². The van der Waals surface area contributed by atoms with Crippen molar-refractivity contribution in [3.05, 3.63) is 0 Å². The fourth-order valence-electron chi connectivity index (χ4n) is 1.39. The molecule has 0 amide bonds. The Bertz CT molecular complexity index is 109. The van der Waals surface area contributed by atoms with Crippen LogP contribution in [0.15, 0.2) is 0 Å². The van der Waals surface area contributed by atoms with Crippen molar-refractivity contribution in [3.63, 3.8) is 0 Å². The number of rotatable bonds is 8. The summed E-state index contributed by atoms with van der Waals surface area (Å²) in [4.78, 5) is 0. The molecule has 4 heteroatoms. The van der Waals surface area contributed by atoms with Crippen molar-refractivity contribution in [1.29, 1.82) is 0 Å². The molecule has 0 spiro atoms. The third kappa shape index (κ3) is 8.28. The van der Waals surface area contributed by atoms with Crippen molar-refractivity contribution in [2.75, 3.05) is 6.61 Å². The predicted molar refractivity (Wildman–Crippen MR) is 54.1 cm³/mol. The Morgan fingerprint density at radius 3 is 2.38 bits per heavy atom. The van der Waals surface area contributed by atoms with E-state index in [1.54, 1.807) is 0 Å². The van der Waals surface area contributed by atoms with E-state index >= 15 is 0 Å². The summed E-state index contributed by atoms with van der Waals surface area (Å²) in [6.45, 7) is 4.79. The molecule has 1 unspecified atom stereocenters. The maximum Gasteiger partial charge on any atom is 0.633 e. The van der Waals surface area contributed by atoms with Crippen molar-refractivity contribution in [2.24, 2.45) is 5.92 Å². The summed E-state index contributed by atoms with van der Waals surface area (Å²) in [6, 6.07) is 0. The number of hydrogen-bond donors (Lipinski definition) is 2. The minimum Gasteiger partial charge on any atom is -0.402 e. The Balaban J connectivity index is 3.36. The van der Waals surface area contributed by atoms with E-state index < -0.39 is 7.32 Å². The average molecular weight is 188 g/mol. The first-order valence-electron chi connectivity index (χ1n) is 5.18. The van der Waals surface area contributed by atoms with E-state index in [0.29, 0.717) is 12.5 Å². The van der Waals surface area contributed by atoms with Crippen molar-refractivity contribution < 1.29 is 14.7 Å². The summed E-state index contributed by atoms with van der Waals surface area (Å²) >= 11 is 0. The van der Waals surface area contributed by atoms with Gasteiger partial charge in [-0.3, -0.25) is 0 Å². The van der Waals surface area contributed by atoms with Crippen LogP contribution in [0.3, 0.4) is 0 Å². The minimum absolute atomic E-state index is 0.444. The van der Waals surface area contributed by atoms with Gasteiger partial charge in [0.15, 0.2) is 0 Å². The van der Waals surface area contributed by atoms with E-state index in [0.717, 1.165) is 12.8 Å². The third-order valence-corrected chi connectivity index (χ3v) is 2.34. The molecule has 0 saturated heterocycles. The van der Waals surface area contributed by atoms with E-state index in [1.165, 1.54) is 19.3 Å². The van der Waals surface area contributed by atoms with Gasteiger partial charge >= 0.3 is 7.32 Å². The van der Waals surface area contributed by atoms with Crippen LogP contribution in [0.25, 0.3) is 0 Å². The summed E-state index contributed by atoms with van der Waals surface area (Å²) < 4.78 is 4.67. The fourth-order valence-corrected chi connectivity index (χ4v) is 1.39. The average Bonchev–Trinajstić information content (AvgIpc) is 2.10. The van der Waals surface area contributed by atoms with Gasteiger partial charge in [0.1, 0.15) is 0 Å². The van der Waals surface area contributed by atoms with Gasteiger partial charge in [-0.2, -0.15) is 0 Å². The molecule has 0 radical (unpaired) electrons. The van der Waals surface area contributed by atoms with Gasteiger partial charge in [-0.05, 0) is 12.3 Å². The van der Waals surface area contributed by atoms with Crippen LogP contribution < -0.4 is 0 Å². The molecule has 13 heavy (non-hydrogen) atoms. The Morgan fingerprint density at radius 2 is 1.92 bits per heavy atom. The van der Waals surface area contributed by atoms with Crippen LogP contribution in [0.4, 0.5) is 0 Å². The molecule has 0 saturated carbocycles. The normalized spacial score (nSPS) is 12.9.